The first-order valence-electron chi connectivity index (χ1n) is 10.2. The lowest BCUT2D eigenvalue weighted by Crippen LogP contribution is -2.42. The van der Waals surface area contributed by atoms with E-state index in [1.165, 1.54) is 18.2 Å². The summed E-state index contributed by atoms with van der Waals surface area (Å²) in [6.07, 6.45) is 0.438. The molecule has 9 heteroatoms. The number of nitrogens with zero attached hydrogens (tertiary/aromatic N) is 1. The first-order valence-corrected chi connectivity index (χ1v) is 13.2. The quantitative estimate of drug-likeness (QED) is 0.350. The number of nitrogens with one attached hydrogen (secondary N) is 1. The molecule has 0 fully saturated rings. The van der Waals surface area contributed by atoms with Crippen LogP contribution in [0.1, 0.15) is 24.1 Å². The average Bonchev–Trinajstić information content (AvgIpc) is 2.79. The Balaban J connectivity index is 1.82. The summed E-state index contributed by atoms with van der Waals surface area (Å²) in [6.45, 7) is 1.60. The summed E-state index contributed by atoms with van der Waals surface area (Å²) < 4.78 is 29.0. The molecule has 0 aliphatic rings. The summed E-state index contributed by atoms with van der Waals surface area (Å²) in [5, 5.41) is 3.17. The molecule has 1 atom stereocenters. The molecule has 1 N–H and O–H groups in total. The van der Waals surface area contributed by atoms with Crippen molar-refractivity contribution >= 4 is 55.1 Å². The Morgan fingerprint density at radius 2 is 1.70 bits per heavy atom. The largest absolute Gasteiger partial charge is 0.348 e. The molecule has 1 amide bonds. The number of rotatable bonds is 9. The Morgan fingerprint density at radius 1 is 1.03 bits per heavy atom. The third-order valence-electron chi connectivity index (χ3n) is 5.07. The highest BCUT2D eigenvalue weighted by atomic mass is 79.9. The van der Waals surface area contributed by atoms with Crippen LogP contribution in [0.3, 0.4) is 0 Å². The van der Waals surface area contributed by atoms with Crippen molar-refractivity contribution in [2.75, 3.05) is 13.1 Å². The Kier molecular flexibility index (Phi) is 8.95. The Labute approximate surface area is 212 Å². The second-order valence-electron chi connectivity index (χ2n) is 7.49. The van der Waals surface area contributed by atoms with E-state index >= 15 is 0 Å². The number of amides is 1. The van der Waals surface area contributed by atoms with Crippen molar-refractivity contribution in [1.82, 2.24) is 9.62 Å². The van der Waals surface area contributed by atoms with Gasteiger partial charge in [0.15, 0.2) is 0 Å². The maximum Gasteiger partial charge on any atom is 0.245 e. The van der Waals surface area contributed by atoms with Crippen LogP contribution in [0.5, 0.6) is 0 Å². The molecule has 3 aromatic carbocycles. The lowest BCUT2D eigenvalue weighted by molar-refractivity contribution is -0.121. The van der Waals surface area contributed by atoms with E-state index in [2.05, 4.69) is 21.2 Å². The molecular weight excluding hydrogens is 547 g/mol. The molecule has 0 bridgehead atoms. The molecule has 0 aliphatic carbocycles. The molecule has 3 aromatic rings. The monoisotopic (exact) mass is 568 g/mol. The minimum absolute atomic E-state index is 0.0488. The van der Waals surface area contributed by atoms with Gasteiger partial charge in [-0.2, -0.15) is 4.31 Å². The van der Waals surface area contributed by atoms with Crippen LogP contribution in [0.4, 0.5) is 0 Å². The highest BCUT2D eigenvalue weighted by Crippen LogP contribution is 2.28. The normalized spacial score (nSPS) is 12.5. The molecule has 33 heavy (non-hydrogen) atoms. The molecule has 0 heterocycles. The van der Waals surface area contributed by atoms with Gasteiger partial charge in [0.1, 0.15) is 4.90 Å². The van der Waals surface area contributed by atoms with Crippen molar-refractivity contribution in [2.45, 2.75) is 24.3 Å². The number of sulfonamides is 1. The fraction of sp³-hybridized carbons (Fsp3) is 0.208. The van der Waals surface area contributed by atoms with Gasteiger partial charge in [0.2, 0.25) is 15.9 Å². The summed E-state index contributed by atoms with van der Waals surface area (Å²) in [5.41, 5.74) is 1.86. The lowest BCUT2D eigenvalue weighted by atomic mass is 10.1. The zero-order chi connectivity index (χ0) is 24.0. The minimum atomic E-state index is -4.08. The molecule has 0 saturated heterocycles. The smallest absolute Gasteiger partial charge is 0.245 e. The third kappa shape index (κ3) is 7.04. The van der Waals surface area contributed by atoms with E-state index < -0.39 is 15.9 Å². The zero-order valence-corrected chi connectivity index (χ0v) is 21.8. The van der Waals surface area contributed by atoms with E-state index in [1.54, 1.807) is 0 Å². The third-order valence-corrected chi connectivity index (χ3v) is 8.16. The maximum atomic E-state index is 13.5. The number of carbonyl (C=O) groups excluding carboxylic acids is 1. The van der Waals surface area contributed by atoms with Crippen LogP contribution < -0.4 is 5.32 Å². The van der Waals surface area contributed by atoms with Gasteiger partial charge in [-0.3, -0.25) is 4.79 Å². The zero-order valence-electron chi connectivity index (χ0n) is 17.8. The number of halogens is 3. The SMILES string of the molecule is C[C@@H](NC(=O)CN(CCc1ccccc1)S(=O)(=O)c1cc(Cl)ccc1Cl)c1ccc(Br)cc1. The van der Waals surface area contributed by atoms with Crippen LogP contribution in [0.2, 0.25) is 10.0 Å². The van der Waals surface area contributed by atoms with Gasteiger partial charge in [0, 0.05) is 16.0 Å². The predicted molar refractivity (Wildman–Crippen MR) is 136 cm³/mol. The van der Waals surface area contributed by atoms with Gasteiger partial charge < -0.3 is 5.32 Å². The Morgan fingerprint density at radius 3 is 2.36 bits per heavy atom. The van der Waals surface area contributed by atoms with Crippen LogP contribution in [0, 0.1) is 0 Å². The van der Waals surface area contributed by atoms with Crippen LogP contribution in [0.25, 0.3) is 0 Å². The lowest BCUT2D eigenvalue weighted by Gasteiger charge is -2.24. The average molecular weight is 570 g/mol. The molecule has 174 valence electrons. The molecule has 0 unspecified atom stereocenters. The number of hydrogen-bond acceptors (Lipinski definition) is 3. The highest BCUT2D eigenvalue weighted by molar-refractivity contribution is 9.10. The topological polar surface area (TPSA) is 66.5 Å². The molecule has 0 spiro atoms. The summed E-state index contributed by atoms with van der Waals surface area (Å²) in [4.78, 5) is 12.7. The van der Waals surface area contributed by atoms with E-state index in [1.807, 2.05) is 61.5 Å². The maximum absolute atomic E-state index is 13.5. The van der Waals surface area contributed by atoms with Crippen molar-refractivity contribution in [2.24, 2.45) is 0 Å². The molecule has 0 radical (unpaired) electrons. The van der Waals surface area contributed by atoms with Crippen LogP contribution in [-0.4, -0.2) is 31.7 Å². The molecule has 0 aromatic heterocycles. The van der Waals surface area contributed by atoms with Gasteiger partial charge in [-0.05, 0) is 54.8 Å². The summed E-state index contributed by atoms with van der Waals surface area (Å²) in [6, 6.07) is 21.0. The summed E-state index contributed by atoms with van der Waals surface area (Å²) in [5.74, 6) is -0.416. The second-order valence-corrected chi connectivity index (χ2v) is 11.2. The predicted octanol–water partition coefficient (Wildman–Crippen LogP) is 5.87. The van der Waals surface area contributed by atoms with Crippen LogP contribution >= 0.6 is 39.1 Å². The number of benzene rings is 3. The molecule has 0 aliphatic heterocycles. The van der Waals surface area contributed by atoms with E-state index in [4.69, 9.17) is 23.2 Å². The van der Waals surface area contributed by atoms with E-state index in [9.17, 15) is 13.2 Å². The van der Waals surface area contributed by atoms with Crippen LogP contribution in [0.15, 0.2) is 82.2 Å². The van der Waals surface area contributed by atoms with Crippen molar-refractivity contribution in [3.05, 3.63) is 98.4 Å². The Bertz CT molecular complexity index is 1210. The first-order chi connectivity index (χ1) is 15.7. The highest BCUT2D eigenvalue weighted by Gasteiger charge is 2.29. The minimum Gasteiger partial charge on any atom is -0.348 e. The standard InChI is InChI=1S/C24H23BrCl2N2O3S/c1-17(19-7-9-20(25)10-8-19)28-24(30)16-29(14-13-18-5-3-2-4-6-18)33(31,32)23-15-21(26)11-12-22(23)27/h2-12,15,17H,13-14,16H2,1H3,(H,28,30)/t17-/m1/s1. The van der Waals surface area contributed by atoms with E-state index in [0.717, 1.165) is 19.9 Å². The summed E-state index contributed by atoms with van der Waals surface area (Å²) >= 11 is 15.6. The fourth-order valence-corrected chi connectivity index (χ4v) is 5.68. The van der Waals surface area contributed by atoms with Crippen molar-refractivity contribution in [3.8, 4) is 0 Å². The molecule has 3 rings (SSSR count). The second kappa shape index (κ2) is 11.5. The number of hydrogen-bond donors (Lipinski definition) is 1. The van der Waals surface area contributed by atoms with Gasteiger partial charge in [-0.25, -0.2) is 8.42 Å². The van der Waals surface area contributed by atoms with Gasteiger partial charge >= 0.3 is 0 Å². The van der Waals surface area contributed by atoms with Gasteiger partial charge in [0.05, 0.1) is 17.6 Å². The summed E-state index contributed by atoms with van der Waals surface area (Å²) in [7, 11) is -4.08. The first kappa shape index (κ1) is 25.7. The van der Waals surface area contributed by atoms with E-state index in [-0.39, 0.29) is 34.1 Å². The van der Waals surface area contributed by atoms with E-state index in [0.29, 0.717) is 6.42 Å². The Hall–Kier alpha value is -1.90. The molecule has 0 saturated carbocycles. The van der Waals surface area contributed by atoms with Crippen LogP contribution in [-0.2, 0) is 21.2 Å². The van der Waals surface area contributed by atoms with Gasteiger partial charge in [-0.1, -0.05) is 81.6 Å². The molecular formula is C24H23BrCl2N2O3S. The fourth-order valence-electron chi connectivity index (χ4n) is 3.28. The van der Waals surface area contributed by atoms with Gasteiger partial charge in [-0.15, -0.1) is 0 Å². The van der Waals surface area contributed by atoms with Crippen molar-refractivity contribution in [3.63, 3.8) is 0 Å². The number of carbonyl (C=O) groups is 1. The van der Waals surface area contributed by atoms with Gasteiger partial charge in [0.25, 0.3) is 0 Å². The van der Waals surface area contributed by atoms with Crippen molar-refractivity contribution in [1.29, 1.82) is 0 Å². The molecule has 5 nitrogen and oxygen atoms in total. The van der Waals surface area contributed by atoms with Crippen molar-refractivity contribution < 1.29 is 13.2 Å².